The lowest BCUT2D eigenvalue weighted by Gasteiger charge is -2.11. The van der Waals surface area contributed by atoms with Crippen molar-refractivity contribution in [2.45, 2.75) is 0 Å². The molecule has 162 valence electrons. The number of benzene rings is 3. The van der Waals surface area contributed by atoms with Crippen molar-refractivity contribution in [3.05, 3.63) is 78.9 Å². The van der Waals surface area contributed by atoms with Crippen molar-refractivity contribution in [3.8, 4) is 33.9 Å². The second-order valence-corrected chi connectivity index (χ2v) is 13.4. The summed E-state index contributed by atoms with van der Waals surface area (Å²) in [5, 5.41) is 3.53. The van der Waals surface area contributed by atoms with Gasteiger partial charge in [-0.2, -0.15) is 0 Å². The van der Waals surface area contributed by atoms with Crippen LogP contribution in [0.15, 0.2) is 78.9 Å². The molecule has 0 saturated carbocycles. The van der Waals surface area contributed by atoms with Gasteiger partial charge in [-0.3, -0.25) is 0 Å². The summed E-state index contributed by atoms with van der Waals surface area (Å²) in [4.78, 5) is 9.82. The monoisotopic (exact) mass is 476 g/mol. The molecule has 0 saturated heterocycles. The van der Waals surface area contributed by atoms with Gasteiger partial charge in [0.15, 0.2) is 5.82 Å². The number of aromatic nitrogens is 2. The Bertz CT molecular complexity index is 1200. The van der Waals surface area contributed by atoms with Crippen LogP contribution in [0.5, 0.6) is 0 Å². The van der Waals surface area contributed by atoms with Crippen molar-refractivity contribution in [2.24, 2.45) is 0 Å². The zero-order valence-corrected chi connectivity index (χ0v) is 21.6. The van der Waals surface area contributed by atoms with E-state index in [4.69, 9.17) is 9.97 Å². The summed E-state index contributed by atoms with van der Waals surface area (Å²) in [7, 11) is -0.756. The molecule has 0 amide bonds. The van der Waals surface area contributed by atoms with E-state index in [0.717, 1.165) is 50.5 Å². The second kappa shape index (κ2) is 9.76. The van der Waals surface area contributed by atoms with Gasteiger partial charge in [-0.05, 0) is 43.3 Å². The van der Waals surface area contributed by atoms with E-state index in [2.05, 4.69) is 61.9 Å². The molecule has 3 aromatic carbocycles. The largest absolute Gasteiger partial charge is 0.319 e. The number of nitrogens with zero attached hydrogens (tertiary/aromatic N) is 2. The molecule has 6 heteroatoms. The van der Waals surface area contributed by atoms with Crippen molar-refractivity contribution >= 4 is 40.2 Å². The molecule has 0 aliphatic heterocycles. The van der Waals surface area contributed by atoms with Crippen LogP contribution in [0.4, 0.5) is 0 Å². The predicted octanol–water partition coefficient (Wildman–Crippen LogP) is 5.59. The van der Waals surface area contributed by atoms with Gasteiger partial charge >= 0.3 is 0 Å². The number of rotatable bonds is 6. The number of hydrogen-bond donors (Lipinski definition) is 0. The smallest absolute Gasteiger partial charge is 0.160 e. The van der Waals surface area contributed by atoms with Gasteiger partial charge in [0.1, 0.15) is 7.14 Å². The van der Waals surface area contributed by atoms with Crippen LogP contribution in [0, 0.1) is 0 Å². The van der Waals surface area contributed by atoms with Crippen molar-refractivity contribution in [3.63, 3.8) is 0 Å². The summed E-state index contributed by atoms with van der Waals surface area (Å²) in [5.74, 6) is 0.714. The van der Waals surface area contributed by atoms with E-state index in [1.807, 2.05) is 30.3 Å². The molecule has 32 heavy (non-hydrogen) atoms. The molecule has 0 spiro atoms. The van der Waals surface area contributed by atoms with Crippen LogP contribution >= 0.6 is 24.3 Å². The van der Waals surface area contributed by atoms with Crippen molar-refractivity contribution in [2.75, 3.05) is 26.7 Å². The highest BCUT2D eigenvalue weighted by molar-refractivity contribution is 7.70. The van der Waals surface area contributed by atoms with Crippen molar-refractivity contribution < 1.29 is 4.57 Å². The maximum Gasteiger partial charge on any atom is 0.160 e. The highest BCUT2D eigenvalue weighted by atomic mass is 31.2. The summed E-state index contributed by atoms with van der Waals surface area (Å²) in [6, 6.07) is 27.1. The maximum absolute atomic E-state index is 12.4. The zero-order valence-electron chi connectivity index (χ0n) is 18.8. The zero-order chi connectivity index (χ0) is 22.7. The molecule has 4 aromatic rings. The van der Waals surface area contributed by atoms with E-state index in [1.54, 1.807) is 13.3 Å². The van der Waals surface area contributed by atoms with E-state index >= 15 is 0 Å². The lowest BCUT2D eigenvalue weighted by atomic mass is 10.1. The number of hydrogen-bond acceptors (Lipinski definition) is 3. The van der Waals surface area contributed by atoms with E-state index in [-0.39, 0.29) is 0 Å². The lowest BCUT2D eigenvalue weighted by Crippen LogP contribution is -2.02. The van der Waals surface area contributed by atoms with Crippen LogP contribution in [0.3, 0.4) is 0 Å². The minimum atomic E-state index is -2.29. The molecule has 1 heterocycles. The fourth-order valence-corrected chi connectivity index (χ4v) is 5.32. The van der Waals surface area contributed by atoms with Crippen LogP contribution in [0.2, 0.25) is 0 Å². The minimum Gasteiger partial charge on any atom is -0.319 e. The van der Waals surface area contributed by atoms with Crippen LogP contribution in [0.1, 0.15) is 0 Å². The molecule has 3 nitrogen and oxygen atoms in total. The Morgan fingerprint density at radius 2 is 1.03 bits per heavy atom. The van der Waals surface area contributed by atoms with Gasteiger partial charge in [0.2, 0.25) is 0 Å². The van der Waals surface area contributed by atoms with Crippen molar-refractivity contribution in [1.82, 2.24) is 9.97 Å². The van der Waals surface area contributed by atoms with E-state index in [0.29, 0.717) is 5.82 Å². The highest BCUT2D eigenvalue weighted by Gasteiger charge is 2.13. The Labute approximate surface area is 194 Å². The molecule has 0 aliphatic carbocycles. The Hall–Kier alpha value is -2.17. The van der Waals surface area contributed by atoms with Crippen LogP contribution in [-0.2, 0) is 4.57 Å². The van der Waals surface area contributed by atoms with Gasteiger partial charge in [0.05, 0.1) is 11.4 Å². The first kappa shape index (κ1) is 23.0. The van der Waals surface area contributed by atoms with Crippen molar-refractivity contribution in [1.29, 1.82) is 0 Å². The fourth-order valence-electron chi connectivity index (χ4n) is 3.46. The van der Waals surface area contributed by atoms with Gasteiger partial charge in [-0.25, -0.2) is 9.97 Å². The first-order valence-corrected chi connectivity index (χ1v) is 16.1. The minimum absolute atomic E-state index is 0.714. The molecule has 2 unspecified atom stereocenters. The molecule has 4 rings (SSSR count). The molecule has 0 bridgehead atoms. The molecular weight excluding hydrogens is 449 g/mol. The second-order valence-electron chi connectivity index (χ2n) is 8.01. The topological polar surface area (TPSA) is 42.9 Å². The summed E-state index contributed by atoms with van der Waals surface area (Å²) < 4.78 is 12.4. The Morgan fingerprint density at radius 3 is 1.44 bits per heavy atom. The first-order valence-electron chi connectivity index (χ1n) is 10.5. The quantitative estimate of drug-likeness (QED) is 0.341. The normalized spacial score (nSPS) is 12.2. The molecule has 0 radical (unpaired) electrons. The van der Waals surface area contributed by atoms with E-state index in [1.165, 1.54) is 10.6 Å². The Morgan fingerprint density at radius 1 is 0.625 bits per heavy atom. The van der Waals surface area contributed by atoms with Crippen LogP contribution in [0.25, 0.3) is 33.9 Å². The van der Waals surface area contributed by atoms with Gasteiger partial charge in [0.25, 0.3) is 0 Å². The van der Waals surface area contributed by atoms with Gasteiger partial charge < -0.3 is 4.57 Å². The van der Waals surface area contributed by atoms with Crippen LogP contribution < -0.4 is 15.9 Å². The summed E-state index contributed by atoms with van der Waals surface area (Å²) in [6.45, 7) is 7.96. The molecule has 2 atom stereocenters. The standard InChI is InChI=1S/C26H27N2OP3/c1-30-21-11-5-18(6-12-21)24-17-25(19-9-15-23(16-10-19)32(3,4)29)28-26(27-24)20-7-13-22(31-2)14-8-20/h5-17,30-31H,1-4H3. The predicted molar refractivity (Wildman–Crippen MR) is 145 cm³/mol. The van der Waals surface area contributed by atoms with Gasteiger partial charge in [-0.15, -0.1) is 0 Å². The summed E-state index contributed by atoms with van der Waals surface area (Å²) in [6.07, 6.45) is 0. The third kappa shape index (κ3) is 5.24. The summed E-state index contributed by atoms with van der Waals surface area (Å²) in [5.41, 5.74) is 4.84. The Kier molecular flexibility index (Phi) is 7.02. The molecule has 0 fully saturated rings. The maximum atomic E-state index is 12.4. The molecule has 0 N–H and O–H groups in total. The third-order valence-corrected chi connectivity index (χ3v) is 8.78. The molecule has 1 aromatic heterocycles. The average molecular weight is 476 g/mol. The first-order chi connectivity index (χ1) is 15.4. The van der Waals surface area contributed by atoms with E-state index < -0.39 is 7.14 Å². The lowest BCUT2D eigenvalue weighted by molar-refractivity contribution is 0.588. The fraction of sp³-hybridized carbons (Fsp3) is 0.154. The van der Waals surface area contributed by atoms with E-state index in [9.17, 15) is 4.57 Å². The SMILES string of the molecule is CPc1ccc(-c2cc(-c3ccc(P(C)(C)=O)cc3)nc(-c3ccc(PC)cc3)n2)cc1. The highest BCUT2D eigenvalue weighted by Crippen LogP contribution is 2.35. The summed E-state index contributed by atoms with van der Waals surface area (Å²) >= 11 is 0. The van der Waals surface area contributed by atoms with Gasteiger partial charge in [0, 0.05) is 22.0 Å². The van der Waals surface area contributed by atoms with Gasteiger partial charge in [-0.1, -0.05) is 90.0 Å². The Balaban J connectivity index is 1.83. The molecule has 0 aliphatic rings. The molecular formula is C26H27N2OP3. The van der Waals surface area contributed by atoms with Crippen LogP contribution in [-0.4, -0.2) is 36.6 Å². The third-order valence-electron chi connectivity index (χ3n) is 5.41. The average Bonchev–Trinajstić information content (AvgIpc) is 2.83.